The predicted octanol–water partition coefficient (Wildman–Crippen LogP) is 12.9. The van der Waals surface area contributed by atoms with Gasteiger partial charge < -0.3 is 14.4 Å². The maximum atomic E-state index is 12.5. The lowest BCUT2D eigenvalue weighted by Gasteiger charge is -2.19. The molecule has 0 rings (SSSR count). The Kier molecular flexibility index (Phi) is 36.6. The molecule has 0 aliphatic carbocycles. The van der Waals surface area contributed by atoms with Gasteiger partial charge in [0.15, 0.2) is 6.10 Å². The van der Waals surface area contributed by atoms with Gasteiger partial charge in [-0.05, 0) is 38.5 Å². The number of phosphoric ester groups is 1. The smallest absolute Gasteiger partial charge is 0.462 e. The van der Waals surface area contributed by atoms with Crippen molar-refractivity contribution in [3.63, 3.8) is 0 Å². The predicted molar refractivity (Wildman–Crippen MR) is 207 cm³/mol. The summed E-state index contributed by atoms with van der Waals surface area (Å²) in [6.45, 7) is 3.88. The molecule has 0 saturated carbocycles. The van der Waals surface area contributed by atoms with Crippen molar-refractivity contribution in [1.82, 2.24) is 0 Å². The summed E-state index contributed by atoms with van der Waals surface area (Å²) in [4.78, 5) is 34.3. The summed E-state index contributed by atoms with van der Waals surface area (Å²) in [5.74, 6) is -0.799. The molecule has 50 heavy (non-hydrogen) atoms. The molecule has 296 valence electrons. The van der Waals surface area contributed by atoms with Crippen molar-refractivity contribution in [2.24, 2.45) is 0 Å². The molecule has 0 aromatic rings. The van der Waals surface area contributed by atoms with Crippen LogP contribution in [0.5, 0.6) is 0 Å². The summed E-state index contributed by atoms with van der Waals surface area (Å²) in [6, 6.07) is 0. The van der Waals surface area contributed by atoms with E-state index in [4.69, 9.17) is 14.0 Å². The number of hydrogen-bond acceptors (Lipinski definition) is 7. The molecule has 0 aromatic carbocycles. The SMILES string of the molecule is CCCCCCCCCC/C=C\CCCCCCCCCCCC(=O)OC(COC(=O)CCCCCCCCCCCC)COP(=O)(O)OC. The van der Waals surface area contributed by atoms with Crippen molar-refractivity contribution >= 4 is 19.8 Å². The van der Waals surface area contributed by atoms with Gasteiger partial charge in [-0.25, -0.2) is 4.57 Å². The molecular weight excluding hydrogens is 651 g/mol. The molecule has 0 fully saturated rings. The molecule has 8 nitrogen and oxygen atoms in total. The number of allylic oxidation sites excluding steroid dienone is 2. The zero-order valence-electron chi connectivity index (χ0n) is 32.8. The van der Waals surface area contributed by atoms with Crippen molar-refractivity contribution in [3.05, 3.63) is 12.2 Å². The fourth-order valence-corrected chi connectivity index (χ4v) is 6.47. The van der Waals surface area contributed by atoms with Crippen LogP contribution in [0.1, 0.15) is 213 Å². The summed E-state index contributed by atoms with van der Waals surface area (Å²) < 4.78 is 31.9. The molecule has 1 N–H and O–H groups in total. The summed E-state index contributed by atoms with van der Waals surface area (Å²) in [7, 11) is -3.19. The summed E-state index contributed by atoms with van der Waals surface area (Å²) in [6.07, 6.45) is 39.8. The second kappa shape index (κ2) is 37.5. The van der Waals surface area contributed by atoms with E-state index in [1.165, 1.54) is 148 Å². The highest BCUT2D eigenvalue weighted by Crippen LogP contribution is 2.42. The monoisotopic (exact) mass is 731 g/mol. The summed E-state index contributed by atoms with van der Waals surface area (Å²) >= 11 is 0. The minimum absolute atomic E-state index is 0.221. The van der Waals surface area contributed by atoms with Crippen LogP contribution in [-0.4, -0.2) is 43.3 Å². The van der Waals surface area contributed by atoms with Gasteiger partial charge in [-0.15, -0.1) is 0 Å². The van der Waals surface area contributed by atoms with E-state index in [1.807, 2.05) is 0 Å². The molecule has 0 aliphatic heterocycles. The van der Waals surface area contributed by atoms with Gasteiger partial charge in [-0.3, -0.25) is 18.6 Å². The lowest BCUT2D eigenvalue weighted by atomic mass is 10.1. The van der Waals surface area contributed by atoms with Gasteiger partial charge in [0.05, 0.1) is 6.61 Å². The number of ether oxygens (including phenoxy) is 2. The van der Waals surface area contributed by atoms with E-state index in [-0.39, 0.29) is 19.0 Å². The number of carbonyl (C=O) groups is 2. The second-order valence-electron chi connectivity index (χ2n) is 14.1. The number of esters is 2. The third-order valence-corrected chi connectivity index (χ3v) is 10.2. The topological polar surface area (TPSA) is 108 Å². The van der Waals surface area contributed by atoms with E-state index in [9.17, 15) is 19.0 Å². The van der Waals surface area contributed by atoms with E-state index in [2.05, 4.69) is 30.5 Å². The van der Waals surface area contributed by atoms with Crippen LogP contribution in [0.4, 0.5) is 0 Å². The number of hydrogen-bond donors (Lipinski definition) is 1. The Hall–Kier alpha value is -1.21. The van der Waals surface area contributed by atoms with Crippen LogP contribution in [0.2, 0.25) is 0 Å². The van der Waals surface area contributed by atoms with E-state index in [1.54, 1.807) is 0 Å². The van der Waals surface area contributed by atoms with Crippen LogP contribution >= 0.6 is 7.82 Å². The Balaban J connectivity index is 3.92. The first-order chi connectivity index (χ1) is 24.3. The Labute approximate surface area is 308 Å². The molecule has 0 heterocycles. The molecule has 2 atom stereocenters. The van der Waals surface area contributed by atoms with Gasteiger partial charge in [0.25, 0.3) is 0 Å². The molecule has 0 aromatic heterocycles. The van der Waals surface area contributed by atoms with Gasteiger partial charge in [0.2, 0.25) is 0 Å². The quantitative estimate of drug-likeness (QED) is 0.0288. The number of phosphoric acid groups is 1. The Morgan fingerprint density at radius 3 is 1.30 bits per heavy atom. The van der Waals surface area contributed by atoms with Crippen molar-refractivity contribution in [2.75, 3.05) is 20.3 Å². The van der Waals surface area contributed by atoms with Crippen LogP contribution in [0.15, 0.2) is 12.2 Å². The highest BCUT2D eigenvalue weighted by molar-refractivity contribution is 7.47. The zero-order chi connectivity index (χ0) is 36.8. The van der Waals surface area contributed by atoms with Gasteiger partial charge in [0, 0.05) is 20.0 Å². The Bertz CT molecular complexity index is 833. The lowest BCUT2D eigenvalue weighted by molar-refractivity contribution is -0.161. The Morgan fingerprint density at radius 2 is 0.900 bits per heavy atom. The average Bonchev–Trinajstić information content (AvgIpc) is 3.10. The summed E-state index contributed by atoms with van der Waals surface area (Å²) in [5.41, 5.74) is 0. The first-order valence-corrected chi connectivity index (χ1v) is 22.4. The van der Waals surface area contributed by atoms with Crippen LogP contribution in [-0.2, 0) is 32.7 Å². The highest BCUT2D eigenvalue weighted by atomic mass is 31.2. The standard InChI is InChI=1S/C41H79O8P/c1-4-6-8-10-12-14-16-17-18-19-20-21-22-23-24-25-26-28-30-32-34-36-41(43)49-39(38-48-50(44,45)46-3)37-47-40(42)35-33-31-29-27-15-13-11-9-7-5-2/h19-20,39H,4-18,21-38H2,1-3H3,(H,44,45)/b20-19-. The molecule has 0 amide bonds. The van der Waals surface area contributed by atoms with Gasteiger partial charge >= 0.3 is 19.8 Å². The van der Waals surface area contributed by atoms with E-state index >= 15 is 0 Å². The lowest BCUT2D eigenvalue weighted by Crippen LogP contribution is -2.29. The molecule has 2 unspecified atom stereocenters. The van der Waals surface area contributed by atoms with Crippen molar-refractivity contribution in [2.45, 2.75) is 219 Å². The molecular formula is C41H79O8P. The zero-order valence-corrected chi connectivity index (χ0v) is 33.7. The Morgan fingerprint density at radius 1 is 0.540 bits per heavy atom. The van der Waals surface area contributed by atoms with Gasteiger partial charge in [-0.1, -0.05) is 174 Å². The minimum Gasteiger partial charge on any atom is -0.462 e. The van der Waals surface area contributed by atoms with Gasteiger partial charge in [0.1, 0.15) is 6.61 Å². The third-order valence-electron chi connectivity index (χ3n) is 9.26. The first-order valence-electron chi connectivity index (χ1n) is 20.9. The largest absolute Gasteiger partial charge is 0.472 e. The van der Waals surface area contributed by atoms with E-state index in [0.29, 0.717) is 12.8 Å². The molecule has 0 radical (unpaired) electrons. The normalized spacial score (nSPS) is 13.4. The number of carbonyl (C=O) groups excluding carboxylic acids is 2. The van der Waals surface area contributed by atoms with Crippen molar-refractivity contribution in [3.8, 4) is 0 Å². The second-order valence-corrected chi connectivity index (χ2v) is 15.7. The maximum absolute atomic E-state index is 12.5. The maximum Gasteiger partial charge on any atom is 0.472 e. The molecule has 9 heteroatoms. The van der Waals surface area contributed by atoms with Crippen LogP contribution in [0, 0.1) is 0 Å². The molecule has 0 spiro atoms. The summed E-state index contributed by atoms with van der Waals surface area (Å²) in [5, 5.41) is 0. The highest BCUT2D eigenvalue weighted by Gasteiger charge is 2.24. The fraction of sp³-hybridized carbons (Fsp3) is 0.902. The molecule has 0 bridgehead atoms. The van der Waals surface area contributed by atoms with E-state index < -0.39 is 26.5 Å². The molecule has 0 saturated heterocycles. The van der Waals surface area contributed by atoms with Crippen molar-refractivity contribution < 1.29 is 37.6 Å². The van der Waals surface area contributed by atoms with Crippen LogP contribution in [0.25, 0.3) is 0 Å². The van der Waals surface area contributed by atoms with Gasteiger partial charge in [-0.2, -0.15) is 0 Å². The van der Waals surface area contributed by atoms with Crippen LogP contribution in [0.3, 0.4) is 0 Å². The number of unbranched alkanes of at least 4 members (excludes halogenated alkanes) is 26. The van der Waals surface area contributed by atoms with E-state index in [0.717, 1.165) is 39.2 Å². The van der Waals surface area contributed by atoms with Crippen LogP contribution < -0.4 is 0 Å². The molecule has 0 aliphatic rings. The first kappa shape index (κ1) is 48.8. The number of rotatable bonds is 39. The third kappa shape index (κ3) is 36.6. The van der Waals surface area contributed by atoms with Crippen molar-refractivity contribution in [1.29, 1.82) is 0 Å². The minimum atomic E-state index is -4.25. The fourth-order valence-electron chi connectivity index (χ4n) is 6.01. The average molecular weight is 731 g/mol.